The molecule has 4 fully saturated rings. The molecule has 6 heteroatoms. The average molecular weight is 389 g/mol. The van der Waals surface area contributed by atoms with Gasteiger partial charge in [-0.2, -0.15) is 0 Å². The third-order valence-electron chi connectivity index (χ3n) is 7.57. The van der Waals surface area contributed by atoms with Crippen LogP contribution >= 0.6 is 12.0 Å². The maximum absolute atomic E-state index is 13.7. The van der Waals surface area contributed by atoms with Crippen LogP contribution in [0.5, 0.6) is 0 Å². The molecule has 5 atom stereocenters. The van der Waals surface area contributed by atoms with E-state index in [4.69, 9.17) is 0 Å². The molecule has 0 aromatic carbocycles. The van der Waals surface area contributed by atoms with Crippen molar-refractivity contribution in [2.75, 3.05) is 0 Å². The van der Waals surface area contributed by atoms with E-state index in [1.54, 1.807) is 0 Å². The Morgan fingerprint density at radius 1 is 0.654 bits per heavy atom. The number of rotatable bonds is 3. The molecule has 3 aliphatic carbocycles. The van der Waals surface area contributed by atoms with Gasteiger partial charge in [0.15, 0.2) is 0 Å². The maximum atomic E-state index is 13.7. The lowest BCUT2D eigenvalue weighted by Gasteiger charge is -2.52. The Labute approximate surface area is 160 Å². The zero-order chi connectivity index (χ0) is 18.1. The Balaban J connectivity index is 1.48. The van der Waals surface area contributed by atoms with Crippen molar-refractivity contribution in [1.29, 1.82) is 0 Å². The second-order valence-electron chi connectivity index (χ2n) is 9.16. The fraction of sp³-hybridized carbons (Fsp3) is 1.00. The summed E-state index contributed by atoms with van der Waals surface area (Å²) in [6, 6.07) is 1.62. The first kappa shape index (κ1) is 19.4. The Morgan fingerprint density at radius 2 is 1.15 bits per heavy atom. The minimum Gasteiger partial charge on any atom is -0.330 e. The minimum absolute atomic E-state index is 0.325. The molecule has 0 radical (unpaired) electrons. The second-order valence-corrected chi connectivity index (χ2v) is 10.0. The standard InChI is InChI=1S/C20H34F2N2OS/c21-14-5-1-12(2-6-14)19-20(13-3-7-15(22)8-4-13)24-18-11-16(26-25)9-10-17(18)23-19/h12-20,23-25H,1-11H2. The Hall–Kier alpha value is 0.0900. The summed E-state index contributed by atoms with van der Waals surface area (Å²) in [7, 11) is 0. The lowest BCUT2D eigenvalue weighted by atomic mass is 9.70. The molecule has 0 spiro atoms. The normalized spacial score (nSPS) is 50.2. The Kier molecular flexibility index (Phi) is 6.44. The lowest BCUT2D eigenvalue weighted by Crippen LogP contribution is -2.71. The van der Waals surface area contributed by atoms with Gasteiger partial charge < -0.3 is 15.2 Å². The molecule has 1 heterocycles. The zero-order valence-corrected chi connectivity index (χ0v) is 16.4. The molecule has 1 aliphatic heterocycles. The van der Waals surface area contributed by atoms with E-state index in [0.29, 0.717) is 66.9 Å². The summed E-state index contributed by atoms with van der Waals surface area (Å²) < 4.78 is 36.8. The molecule has 4 rings (SSSR count). The minimum atomic E-state index is -0.624. The summed E-state index contributed by atoms with van der Waals surface area (Å²) in [6.45, 7) is 0. The first-order valence-electron chi connectivity index (χ1n) is 10.7. The van der Waals surface area contributed by atoms with E-state index in [1.807, 2.05) is 0 Å². The molecule has 150 valence electrons. The van der Waals surface area contributed by atoms with E-state index >= 15 is 0 Å². The fourth-order valence-corrected chi connectivity index (χ4v) is 6.58. The van der Waals surface area contributed by atoms with E-state index in [1.165, 1.54) is 0 Å². The van der Waals surface area contributed by atoms with E-state index in [2.05, 4.69) is 10.6 Å². The largest absolute Gasteiger partial charge is 0.330 e. The van der Waals surface area contributed by atoms with Crippen molar-refractivity contribution in [3.8, 4) is 0 Å². The lowest BCUT2D eigenvalue weighted by molar-refractivity contribution is 0.0586. The van der Waals surface area contributed by atoms with Crippen LogP contribution in [0.25, 0.3) is 0 Å². The first-order valence-corrected chi connectivity index (χ1v) is 11.6. The van der Waals surface area contributed by atoms with Gasteiger partial charge in [0.25, 0.3) is 0 Å². The molecule has 3 nitrogen and oxygen atoms in total. The second kappa shape index (κ2) is 8.62. The highest BCUT2D eigenvalue weighted by molar-refractivity contribution is 7.94. The molecule has 0 amide bonds. The van der Waals surface area contributed by atoms with Gasteiger partial charge >= 0.3 is 0 Å². The summed E-state index contributed by atoms with van der Waals surface area (Å²) in [5, 5.41) is 8.26. The molecule has 1 saturated heterocycles. The number of alkyl halides is 2. The van der Waals surface area contributed by atoms with Crippen LogP contribution < -0.4 is 10.6 Å². The Bertz CT molecular complexity index is 455. The highest BCUT2D eigenvalue weighted by Crippen LogP contribution is 2.39. The third kappa shape index (κ3) is 4.23. The molecule has 4 aliphatic rings. The summed E-state index contributed by atoms with van der Waals surface area (Å²) in [6.07, 6.45) is 8.56. The van der Waals surface area contributed by atoms with Crippen molar-refractivity contribution >= 4 is 12.0 Å². The molecular formula is C20H34F2N2OS. The van der Waals surface area contributed by atoms with Crippen LogP contribution in [0.3, 0.4) is 0 Å². The van der Waals surface area contributed by atoms with Gasteiger partial charge in [0.2, 0.25) is 0 Å². The van der Waals surface area contributed by atoms with Gasteiger partial charge in [-0.3, -0.25) is 0 Å². The van der Waals surface area contributed by atoms with Crippen molar-refractivity contribution in [1.82, 2.24) is 10.6 Å². The number of fused-ring (bicyclic) bond motifs is 1. The molecule has 5 unspecified atom stereocenters. The van der Waals surface area contributed by atoms with Crippen molar-refractivity contribution in [3.63, 3.8) is 0 Å². The number of piperazine rings is 1. The predicted molar refractivity (Wildman–Crippen MR) is 103 cm³/mol. The van der Waals surface area contributed by atoms with Crippen LogP contribution in [-0.2, 0) is 0 Å². The quantitative estimate of drug-likeness (QED) is 0.624. The van der Waals surface area contributed by atoms with Gasteiger partial charge in [-0.1, -0.05) is 0 Å². The van der Waals surface area contributed by atoms with Crippen molar-refractivity contribution < 1.29 is 13.3 Å². The molecule has 0 bridgehead atoms. The third-order valence-corrected chi connectivity index (χ3v) is 8.30. The van der Waals surface area contributed by atoms with Gasteiger partial charge in [-0.15, -0.1) is 0 Å². The van der Waals surface area contributed by atoms with Gasteiger partial charge in [0.05, 0.1) is 0 Å². The topological polar surface area (TPSA) is 44.3 Å². The van der Waals surface area contributed by atoms with Crippen molar-refractivity contribution in [3.05, 3.63) is 0 Å². The summed E-state index contributed by atoms with van der Waals surface area (Å²) in [5.74, 6) is 1.05. The molecule has 3 N–H and O–H groups in total. The SMILES string of the molecule is OSC1CCC2NC(C3CCC(F)CC3)C(C3CCC(F)CC3)NC2C1. The maximum Gasteiger partial charge on any atom is 0.100 e. The van der Waals surface area contributed by atoms with E-state index in [0.717, 1.165) is 57.0 Å². The first-order chi connectivity index (χ1) is 12.6. The van der Waals surface area contributed by atoms with Crippen LogP contribution in [-0.4, -0.2) is 46.3 Å². The van der Waals surface area contributed by atoms with Gasteiger partial charge in [-0.05, 0) is 94.5 Å². The smallest absolute Gasteiger partial charge is 0.100 e. The van der Waals surface area contributed by atoms with Crippen molar-refractivity contribution in [2.45, 2.75) is 112 Å². The molecule has 3 saturated carbocycles. The monoisotopic (exact) mass is 388 g/mol. The zero-order valence-electron chi connectivity index (χ0n) is 15.6. The summed E-state index contributed by atoms with van der Waals surface area (Å²) >= 11 is 1.01. The van der Waals surface area contributed by atoms with E-state index in [-0.39, 0.29) is 0 Å². The van der Waals surface area contributed by atoms with Gasteiger partial charge in [0.1, 0.15) is 12.3 Å². The van der Waals surface area contributed by atoms with Crippen LogP contribution in [0.4, 0.5) is 8.78 Å². The predicted octanol–water partition coefficient (Wildman–Crippen LogP) is 4.47. The molecular weight excluding hydrogens is 354 g/mol. The molecule has 26 heavy (non-hydrogen) atoms. The van der Waals surface area contributed by atoms with E-state index < -0.39 is 12.3 Å². The number of hydrogen-bond donors (Lipinski definition) is 3. The summed E-state index contributed by atoms with van der Waals surface area (Å²) in [5.41, 5.74) is 0. The number of hydrogen-bond acceptors (Lipinski definition) is 4. The summed E-state index contributed by atoms with van der Waals surface area (Å²) in [4.78, 5) is 0. The van der Waals surface area contributed by atoms with Crippen LogP contribution in [0.1, 0.15) is 70.6 Å². The van der Waals surface area contributed by atoms with E-state index in [9.17, 15) is 13.3 Å². The molecule has 0 aromatic heterocycles. The number of halogens is 2. The van der Waals surface area contributed by atoms with Gasteiger partial charge in [-0.25, -0.2) is 8.78 Å². The number of nitrogens with one attached hydrogen (secondary N) is 2. The molecule has 0 aromatic rings. The Morgan fingerprint density at radius 3 is 1.65 bits per heavy atom. The average Bonchev–Trinajstić information content (AvgIpc) is 2.68. The van der Waals surface area contributed by atoms with Crippen LogP contribution in [0.15, 0.2) is 0 Å². The highest BCUT2D eigenvalue weighted by atomic mass is 32.2. The highest BCUT2D eigenvalue weighted by Gasteiger charge is 2.46. The van der Waals surface area contributed by atoms with Gasteiger partial charge in [0, 0.05) is 29.4 Å². The van der Waals surface area contributed by atoms with Crippen LogP contribution in [0, 0.1) is 11.8 Å². The fourth-order valence-electron chi connectivity index (χ4n) is 6.05. The van der Waals surface area contributed by atoms with Crippen molar-refractivity contribution in [2.24, 2.45) is 11.8 Å². The van der Waals surface area contributed by atoms with Crippen LogP contribution in [0.2, 0.25) is 0 Å².